The number of hydrogen-bond acceptors (Lipinski definition) is 3. The largest absolute Gasteiger partial charge is 0.508 e. The Morgan fingerprint density at radius 2 is 1.83 bits per heavy atom. The number of carbonyl (C=O) groups is 1. The van der Waals surface area contributed by atoms with Crippen LogP contribution >= 0.6 is 0 Å². The zero-order valence-corrected chi connectivity index (χ0v) is 12.7. The predicted molar refractivity (Wildman–Crippen MR) is 87.9 cm³/mol. The lowest BCUT2D eigenvalue weighted by Gasteiger charge is -2.16. The molecule has 3 aromatic rings. The minimum Gasteiger partial charge on any atom is -0.508 e. The van der Waals surface area contributed by atoms with Crippen molar-refractivity contribution in [1.29, 1.82) is 0 Å². The summed E-state index contributed by atoms with van der Waals surface area (Å²) in [5.41, 5.74) is 2.80. The maximum Gasteiger partial charge on any atom is 0.271 e. The van der Waals surface area contributed by atoms with Crippen molar-refractivity contribution in [3.63, 3.8) is 0 Å². The van der Waals surface area contributed by atoms with Crippen molar-refractivity contribution in [2.45, 2.75) is 6.54 Å². The second-order valence-electron chi connectivity index (χ2n) is 5.32. The molecule has 1 amide bonds. The number of aromatic hydroxyl groups is 1. The average molecular weight is 307 g/mol. The first-order valence-corrected chi connectivity index (χ1v) is 7.28. The molecule has 0 aliphatic heterocycles. The van der Waals surface area contributed by atoms with Crippen LogP contribution in [0.1, 0.15) is 16.1 Å². The summed E-state index contributed by atoms with van der Waals surface area (Å²) >= 11 is 0. The zero-order chi connectivity index (χ0) is 16.2. The second-order valence-corrected chi connectivity index (χ2v) is 5.32. The summed E-state index contributed by atoms with van der Waals surface area (Å²) in [4.78, 5) is 14.0. The lowest BCUT2D eigenvalue weighted by Crippen LogP contribution is -2.26. The third-order valence-electron chi connectivity index (χ3n) is 3.62. The first-order chi connectivity index (χ1) is 11.1. The molecule has 1 heterocycles. The van der Waals surface area contributed by atoms with E-state index in [4.69, 9.17) is 0 Å². The minimum atomic E-state index is -0.178. The molecule has 0 aliphatic carbocycles. The number of amides is 1. The van der Waals surface area contributed by atoms with Gasteiger partial charge < -0.3 is 10.0 Å². The Morgan fingerprint density at radius 3 is 2.57 bits per heavy atom. The van der Waals surface area contributed by atoms with E-state index >= 15 is 0 Å². The standard InChI is InChI=1S/C18H17N3O2/c1-21(12-14-9-5-6-10-17(14)22)18(23)16-11-15(19-20-16)13-7-3-2-4-8-13/h2-11,22H,12H2,1H3,(H,19,20). The van der Waals surface area contributed by atoms with Gasteiger partial charge in [0.1, 0.15) is 11.4 Å². The zero-order valence-electron chi connectivity index (χ0n) is 12.7. The van der Waals surface area contributed by atoms with Crippen LogP contribution in [-0.2, 0) is 6.54 Å². The molecule has 23 heavy (non-hydrogen) atoms. The van der Waals surface area contributed by atoms with E-state index in [9.17, 15) is 9.90 Å². The topological polar surface area (TPSA) is 69.2 Å². The summed E-state index contributed by atoms with van der Waals surface area (Å²) in [6.07, 6.45) is 0. The van der Waals surface area contributed by atoms with Crippen LogP contribution in [0.3, 0.4) is 0 Å². The Labute approximate surface area is 134 Å². The number of H-pyrrole nitrogens is 1. The monoisotopic (exact) mass is 307 g/mol. The Kier molecular flexibility index (Phi) is 4.10. The van der Waals surface area contributed by atoms with Crippen LogP contribution in [0.5, 0.6) is 5.75 Å². The molecule has 0 unspecified atom stereocenters. The lowest BCUT2D eigenvalue weighted by atomic mass is 10.1. The molecule has 116 valence electrons. The molecule has 0 radical (unpaired) electrons. The maximum atomic E-state index is 12.5. The fraction of sp³-hybridized carbons (Fsp3) is 0.111. The van der Waals surface area contributed by atoms with Crippen molar-refractivity contribution in [2.75, 3.05) is 7.05 Å². The van der Waals surface area contributed by atoms with Crippen molar-refractivity contribution in [1.82, 2.24) is 15.1 Å². The number of aromatic amines is 1. The molecule has 2 aromatic carbocycles. The molecule has 3 rings (SSSR count). The van der Waals surface area contributed by atoms with Gasteiger partial charge in [0.25, 0.3) is 5.91 Å². The molecular formula is C18H17N3O2. The number of rotatable bonds is 4. The molecule has 5 nitrogen and oxygen atoms in total. The van der Waals surface area contributed by atoms with E-state index in [1.54, 1.807) is 31.3 Å². The number of para-hydroxylation sites is 1. The molecule has 0 spiro atoms. The number of carbonyl (C=O) groups excluding carboxylic acids is 1. The number of phenolic OH excluding ortho intramolecular Hbond substituents is 1. The van der Waals surface area contributed by atoms with E-state index in [2.05, 4.69) is 10.2 Å². The van der Waals surface area contributed by atoms with Gasteiger partial charge in [-0.3, -0.25) is 9.89 Å². The first kappa shape index (κ1) is 14.8. The average Bonchev–Trinajstić information content (AvgIpc) is 3.07. The van der Waals surface area contributed by atoms with E-state index in [0.717, 1.165) is 11.3 Å². The number of hydrogen-bond donors (Lipinski definition) is 2. The van der Waals surface area contributed by atoms with E-state index in [-0.39, 0.29) is 11.7 Å². The summed E-state index contributed by atoms with van der Waals surface area (Å²) < 4.78 is 0. The van der Waals surface area contributed by atoms with Gasteiger partial charge >= 0.3 is 0 Å². The van der Waals surface area contributed by atoms with Crippen molar-refractivity contribution in [3.05, 3.63) is 71.9 Å². The van der Waals surface area contributed by atoms with Crippen LogP contribution in [0.2, 0.25) is 0 Å². The van der Waals surface area contributed by atoms with Gasteiger partial charge in [0.2, 0.25) is 0 Å². The highest BCUT2D eigenvalue weighted by atomic mass is 16.3. The van der Waals surface area contributed by atoms with Crippen LogP contribution in [0.25, 0.3) is 11.3 Å². The Balaban J connectivity index is 1.76. The van der Waals surface area contributed by atoms with Crippen molar-refractivity contribution < 1.29 is 9.90 Å². The third-order valence-corrected chi connectivity index (χ3v) is 3.62. The summed E-state index contributed by atoms with van der Waals surface area (Å²) in [5.74, 6) is 0.00432. The van der Waals surface area contributed by atoms with Gasteiger partial charge in [0.15, 0.2) is 0 Å². The normalized spacial score (nSPS) is 10.5. The van der Waals surface area contributed by atoms with E-state index in [1.165, 1.54) is 4.90 Å². The highest BCUT2D eigenvalue weighted by Crippen LogP contribution is 2.20. The first-order valence-electron chi connectivity index (χ1n) is 7.28. The molecule has 0 saturated heterocycles. The van der Waals surface area contributed by atoms with Crippen molar-refractivity contribution in [2.24, 2.45) is 0 Å². The molecule has 0 atom stereocenters. The molecule has 0 bridgehead atoms. The summed E-state index contributed by atoms with van der Waals surface area (Å²) in [5, 5.41) is 16.8. The van der Waals surface area contributed by atoms with Crippen LogP contribution in [-0.4, -0.2) is 33.2 Å². The fourth-order valence-electron chi connectivity index (χ4n) is 2.37. The van der Waals surface area contributed by atoms with Gasteiger partial charge in [-0.1, -0.05) is 48.5 Å². The number of nitrogens with zero attached hydrogens (tertiary/aromatic N) is 2. The van der Waals surface area contributed by atoms with Crippen LogP contribution in [0.4, 0.5) is 0 Å². The molecular weight excluding hydrogens is 290 g/mol. The molecule has 0 aliphatic rings. The molecule has 0 saturated carbocycles. The number of benzene rings is 2. The van der Waals surface area contributed by atoms with Gasteiger partial charge in [-0.25, -0.2) is 0 Å². The number of phenols is 1. The predicted octanol–water partition coefficient (Wildman–Crippen LogP) is 3.05. The molecule has 5 heteroatoms. The Hall–Kier alpha value is -3.08. The van der Waals surface area contributed by atoms with E-state index < -0.39 is 0 Å². The summed E-state index contributed by atoms with van der Waals surface area (Å²) in [6, 6.07) is 18.4. The lowest BCUT2D eigenvalue weighted by molar-refractivity contribution is 0.0778. The van der Waals surface area contributed by atoms with Gasteiger partial charge in [0.05, 0.1) is 5.69 Å². The maximum absolute atomic E-state index is 12.5. The smallest absolute Gasteiger partial charge is 0.271 e. The summed E-state index contributed by atoms with van der Waals surface area (Å²) in [7, 11) is 1.69. The van der Waals surface area contributed by atoms with Crippen LogP contribution in [0.15, 0.2) is 60.7 Å². The van der Waals surface area contributed by atoms with Gasteiger partial charge in [-0.2, -0.15) is 5.10 Å². The fourth-order valence-corrected chi connectivity index (χ4v) is 2.37. The Bertz CT molecular complexity index is 812. The third kappa shape index (κ3) is 3.23. The van der Waals surface area contributed by atoms with Crippen LogP contribution in [0, 0.1) is 0 Å². The summed E-state index contributed by atoms with van der Waals surface area (Å²) in [6.45, 7) is 0.325. The minimum absolute atomic E-state index is 0.178. The van der Waals surface area contributed by atoms with Gasteiger partial charge in [0, 0.05) is 24.7 Å². The number of aromatic nitrogens is 2. The Morgan fingerprint density at radius 1 is 1.13 bits per heavy atom. The highest BCUT2D eigenvalue weighted by molar-refractivity contribution is 5.93. The molecule has 0 fully saturated rings. The highest BCUT2D eigenvalue weighted by Gasteiger charge is 2.16. The van der Waals surface area contributed by atoms with Crippen LogP contribution < -0.4 is 0 Å². The second kappa shape index (κ2) is 6.36. The SMILES string of the molecule is CN(Cc1ccccc1O)C(=O)c1cc(-c2ccccc2)n[nH]1. The number of nitrogens with one attached hydrogen (secondary N) is 1. The molecule has 1 aromatic heterocycles. The van der Waals surface area contributed by atoms with Crippen molar-refractivity contribution in [3.8, 4) is 17.0 Å². The van der Waals surface area contributed by atoms with E-state index in [0.29, 0.717) is 17.8 Å². The van der Waals surface area contributed by atoms with E-state index in [1.807, 2.05) is 36.4 Å². The molecule has 2 N–H and O–H groups in total. The van der Waals surface area contributed by atoms with Gasteiger partial charge in [-0.15, -0.1) is 0 Å². The van der Waals surface area contributed by atoms with Crippen molar-refractivity contribution >= 4 is 5.91 Å². The quantitative estimate of drug-likeness (QED) is 0.778. The van der Waals surface area contributed by atoms with Gasteiger partial charge in [-0.05, 0) is 12.1 Å².